The van der Waals surface area contributed by atoms with Gasteiger partial charge in [-0.05, 0) is 24.6 Å². The molecule has 1 amide bonds. The zero-order valence-corrected chi connectivity index (χ0v) is 14.6. The number of ether oxygens (including phenoxy) is 1. The number of fused-ring (bicyclic) bond motifs is 1. The van der Waals surface area contributed by atoms with Crippen LogP contribution in [-0.4, -0.2) is 28.7 Å². The summed E-state index contributed by atoms with van der Waals surface area (Å²) in [6, 6.07) is 17.6. The second kappa shape index (κ2) is 7.94. The fourth-order valence-corrected chi connectivity index (χ4v) is 2.91. The molecule has 1 aromatic heterocycles. The summed E-state index contributed by atoms with van der Waals surface area (Å²) in [5, 5.41) is 3.11. The summed E-state index contributed by atoms with van der Waals surface area (Å²) in [6.07, 6.45) is 0.334. The van der Waals surface area contributed by atoms with Gasteiger partial charge in [0.15, 0.2) is 0 Å². The summed E-state index contributed by atoms with van der Waals surface area (Å²) in [6.45, 7) is 2.96. The van der Waals surface area contributed by atoms with Crippen molar-refractivity contribution in [1.29, 1.82) is 0 Å². The highest BCUT2D eigenvalue weighted by atomic mass is 16.5. The molecule has 0 saturated carbocycles. The number of hydrogen-bond acceptors (Lipinski definition) is 3. The van der Waals surface area contributed by atoms with E-state index in [1.165, 1.54) is 0 Å². The van der Waals surface area contributed by atoms with Crippen LogP contribution in [0.25, 0.3) is 11.0 Å². The molecular formula is C20H23N3O2. The minimum atomic E-state index is -0.298. The number of carbonyl (C=O) groups is 1. The molecule has 3 aromatic rings. The van der Waals surface area contributed by atoms with Gasteiger partial charge in [0.05, 0.1) is 17.6 Å². The summed E-state index contributed by atoms with van der Waals surface area (Å²) >= 11 is 0. The Kier molecular flexibility index (Phi) is 5.46. The van der Waals surface area contributed by atoms with Crippen LogP contribution in [-0.2, 0) is 16.6 Å². The molecule has 0 spiro atoms. The molecule has 0 aliphatic carbocycles. The molecule has 1 heterocycles. The van der Waals surface area contributed by atoms with E-state index in [0.29, 0.717) is 19.6 Å². The van der Waals surface area contributed by atoms with Gasteiger partial charge in [-0.25, -0.2) is 4.98 Å². The normalized spacial score (nSPS) is 12.2. The van der Waals surface area contributed by atoms with E-state index in [9.17, 15) is 4.79 Å². The SMILES string of the molecule is CCOCCC(=O)NC(c1ccccc1)c1nc2ccccc2n1C. The Morgan fingerprint density at radius 1 is 1.16 bits per heavy atom. The Bertz CT molecular complexity index is 843. The highest BCUT2D eigenvalue weighted by Crippen LogP contribution is 2.25. The quantitative estimate of drug-likeness (QED) is 0.674. The van der Waals surface area contributed by atoms with Crippen molar-refractivity contribution in [3.8, 4) is 0 Å². The topological polar surface area (TPSA) is 56.1 Å². The van der Waals surface area contributed by atoms with Gasteiger partial charge in [0.25, 0.3) is 0 Å². The molecule has 3 rings (SSSR count). The largest absolute Gasteiger partial charge is 0.381 e. The van der Waals surface area contributed by atoms with Crippen molar-refractivity contribution < 1.29 is 9.53 Å². The van der Waals surface area contributed by atoms with E-state index in [-0.39, 0.29) is 11.9 Å². The lowest BCUT2D eigenvalue weighted by Crippen LogP contribution is -2.31. The van der Waals surface area contributed by atoms with E-state index in [4.69, 9.17) is 9.72 Å². The highest BCUT2D eigenvalue weighted by Gasteiger charge is 2.22. The second-order valence-corrected chi connectivity index (χ2v) is 5.88. The van der Waals surface area contributed by atoms with Crippen LogP contribution < -0.4 is 5.32 Å². The van der Waals surface area contributed by atoms with Gasteiger partial charge in [-0.15, -0.1) is 0 Å². The zero-order chi connectivity index (χ0) is 17.6. The van der Waals surface area contributed by atoms with Crippen LogP contribution >= 0.6 is 0 Å². The Hall–Kier alpha value is -2.66. The number of hydrogen-bond donors (Lipinski definition) is 1. The Labute approximate surface area is 147 Å². The van der Waals surface area contributed by atoms with Crippen molar-refractivity contribution in [2.75, 3.05) is 13.2 Å². The maximum Gasteiger partial charge on any atom is 0.223 e. The van der Waals surface area contributed by atoms with E-state index in [0.717, 1.165) is 22.4 Å². The number of nitrogens with zero attached hydrogens (tertiary/aromatic N) is 2. The summed E-state index contributed by atoms with van der Waals surface area (Å²) in [7, 11) is 1.98. The third kappa shape index (κ3) is 3.88. The first-order chi connectivity index (χ1) is 12.2. The van der Waals surface area contributed by atoms with Gasteiger partial charge in [-0.3, -0.25) is 4.79 Å². The standard InChI is InChI=1S/C20H23N3O2/c1-3-25-14-13-18(24)22-19(15-9-5-4-6-10-15)20-21-16-11-7-8-12-17(16)23(20)2/h4-12,19H,3,13-14H2,1-2H3,(H,22,24). The molecule has 1 atom stereocenters. The van der Waals surface area contributed by atoms with Crippen LogP contribution in [0.2, 0.25) is 0 Å². The average molecular weight is 337 g/mol. The average Bonchev–Trinajstić information content (AvgIpc) is 2.97. The molecule has 0 aliphatic heterocycles. The summed E-state index contributed by atoms with van der Waals surface area (Å²) in [5.41, 5.74) is 2.97. The van der Waals surface area contributed by atoms with Crippen molar-refractivity contribution in [3.63, 3.8) is 0 Å². The number of aryl methyl sites for hydroxylation is 1. The molecule has 0 fully saturated rings. The van der Waals surface area contributed by atoms with Gasteiger partial charge in [-0.2, -0.15) is 0 Å². The van der Waals surface area contributed by atoms with Crippen LogP contribution in [0.5, 0.6) is 0 Å². The van der Waals surface area contributed by atoms with Crippen LogP contribution in [0, 0.1) is 0 Å². The van der Waals surface area contributed by atoms with Crippen molar-refractivity contribution in [3.05, 3.63) is 66.0 Å². The third-order valence-corrected chi connectivity index (χ3v) is 4.20. The van der Waals surface area contributed by atoms with Crippen molar-refractivity contribution in [1.82, 2.24) is 14.9 Å². The highest BCUT2D eigenvalue weighted by molar-refractivity contribution is 5.78. The Balaban J connectivity index is 1.93. The van der Waals surface area contributed by atoms with E-state index in [1.54, 1.807) is 0 Å². The van der Waals surface area contributed by atoms with Gasteiger partial charge in [-0.1, -0.05) is 42.5 Å². The lowest BCUT2D eigenvalue weighted by atomic mass is 10.1. The first-order valence-electron chi connectivity index (χ1n) is 8.54. The summed E-state index contributed by atoms with van der Waals surface area (Å²) < 4.78 is 7.32. The smallest absolute Gasteiger partial charge is 0.223 e. The van der Waals surface area contributed by atoms with Gasteiger partial charge in [0.1, 0.15) is 11.9 Å². The van der Waals surface area contributed by atoms with E-state index in [2.05, 4.69) is 5.32 Å². The molecule has 1 unspecified atom stereocenters. The fourth-order valence-electron chi connectivity index (χ4n) is 2.91. The number of benzene rings is 2. The third-order valence-electron chi connectivity index (χ3n) is 4.20. The van der Waals surface area contributed by atoms with Crippen LogP contribution in [0.3, 0.4) is 0 Å². The molecule has 25 heavy (non-hydrogen) atoms. The van der Waals surface area contributed by atoms with E-state index < -0.39 is 0 Å². The van der Waals surface area contributed by atoms with Gasteiger partial charge >= 0.3 is 0 Å². The van der Waals surface area contributed by atoms with Gasteiger partial charge in [0, 0.05) is 20.1 Å². The molecule has 0 aliphatic rings. The maximum absolute atomic E-state index is 12.4. The summed E-state index contributed by atoms with van der Waals surface area (Å²) in [5.74, 6) is 0.770. The predicted molar refractivity (Wildman–Crippen MR) is 98.3 cm³/mol. The summed E-state index contributed by atoms with van der Waals surface area (Å²) in [4.78, 5) is 17.1. The van der Waals surface area contributed by atoms with Crippen molar-refractivity contribution in [2.45, 2.75) is 19.4 Å². The first-order valence-corrected chi connectivity index (χ1v) is 8.54. The molecule has 1 N–H and O–H groups in total. The lowest BCUT2D eigenvalue weighted by Gasteiger charge is -2.19. The molecule has 5 nitrogen and oxygen atoms in total. The second-order valence-electron chi connectivity index (χ2n) is 5.88. The number of amides is 1. The zero-order valence-electron chi connectivity index (χ0n) is 14.6. The van der Waals surface area contributed by atoms with Crippen LogP contribution in [0.1, 0.15) is 30.8 Å². The molecule has 130 valence electrons. The molecule has 5 heteroatoms. The Morgan fingerprint density at radius 3 is 2.60 bits per heavy atom. The molecule has 0 radical (unpaired) electrons. The van der Waals surface area contributed by atoms with Crippen molar-refractivity contribution in [2.24, 2.45) is 7.05 Å². The number of imidazole rings is 1. The minimum Gasteiger partial charge on any atom is -0.381 e. The van der Waals surface area contributed by atoms with Gasteiger partial charge < -0.3 is 14.6 Å². The number of carbonyl (C=O) groups excluding carboxylic acids is 1. The van der Waals surface area contributed by atoms with E-state index >= 15 is 0 Å². The fraction of sp³-hybridized carbons (Fsp3) is 0.300. The molecule has 0 saturated heterocycles. The number of aromatic nitrogens is 2. The maximum atomic E-state index is 12.4. The Morgan fingerprint density at radius 2 is 1.88 bits per heavy atom. The van der Waals surface area contributed by atoms with Crippen molar-refractivity contribution >= 4 is 16.9 Å². The van der Waals surface area contributed by atoms with E-state index in [1.807, 2.05) is 73.1 Å². The minimum absolute atomic E-state index is 0.0469. The number of para-hydroxylation sites is 2. The van der Waals surface area contributed by atoms with Crippen LogP contribution in [0.15, 0.2) is 54.6 Å². The first kappa shape index (κ1) is 17.2. The molecule has 0 bridgehead atoms. The van der Waals surface area contributed by atoms with Gasteiger partial charge in [0.2, 0.25) is 5.91 Å². The number of rotatable bonds is 7. The van der Waals surface area contributed by atoms with Crippen LogP contribution in [0.4, 0.5) is 0 Å². The molecule has 2 aromatic carbocycles. The monoisotopic (exact) mass is 337 g/mol. The molecular weight excluding hydrogens is 314 g/mol. The predicted octanol–water partition coefficient (Wildman–Crippen LogP) is 3.21. The lowest BCUT2D eigenvalue weighted by molar-refractivity contribution is -0.122. The number of nitrogens with one attached hydrogen (secondary N) is 1.